The maximum absolute atomic E-state index is 12.2. The lowest BCUT2D eigenvalue weighted by Crippen LogP contribution is -2.54. The van der Waals surface area contributed by atoms with Crippen LogP contribution in [0.1, 0.15) is 84.6 Å². The van der Waals surface area contributed by atoms with E-state index < -0.39 is 0 Å². The third-order valence-electron chi connectivity index (χ3n) is 10.2. The Labute approximate surface area is 204 Å². The Bertz CT molecular complexity index is 967. The lowest BCUT2D eigenvalue weighted by atomic mass is 9.45. The van der Waals surface area contributed by atoms with Gasteiger partial charge < -0.3 is 9.47 Å². The first-order chi connectivity index (χ1) is 16.2. The molecule has 1 aromatic carbocycles. The van der Waals surface area contributed by atoms with Gasteiger partial charge >= 0.3 is 11.9 Å². The number of carbonyl (C=O) groups excluding carboxylic acids is 2. The molecule has 0 aromatic heterocycles. The van der Waals surface area contributed by atoms with E-state index >= 15 is 0 Å². The van der Waals surface area contributed by atoms with Gasteiger partial charge in [0, 0.05) is 19.3 Å². The second-order valence-electron chi connectivity index (χ2n) is 12.0. The number of esters is 2. The van der Waals surface area contributed by atoms with Crippen LogP contribution in [-0.2, 0) is 19.1 Å². The molecule has 34 heavy (non-hydrogen) atoms. The van der Waals surface area contributed by atoms with Crippen molar-refractivity contribution >= 4 is 18.0 Å². The van der Waals surface area contributed by atoms with Gasteiger partial charge in [0.15, 0.2) is 0 Å². The molecule has 0 bridgehead atoms. The van der Waals surface area contributed by atoms with Gasteiger partial charge in [-0.15, -0.1) is 0 Å². The molecule has 0 saturated heterocycles. The van der Waals surface area contributed by atoms with E-state index in [1.165, 1.54) is 37.3 Å². The minimum absolute atomic E-state index is 0.00555. The summed E-state index contributed by atoms with van der Waals surface area (Å²) in [7, 11) is 0. The Kier molecular flexibility index (Phi) is 6.14. The van der Waals surface area contributed by atoms with Crippen LogP contribution in [0.4, 0.5) is 0 Å². The molecule has 0 radical (unpaired) electrons. The second-order valence-corrected chi connectivity index (χ2v) is 12.0. The largest absolute Gasteiger partial charge is 0.463 e. The minimum atomic E-state index is -0.174. The predicted molar refractivity (Wildman–Crippen MR) is 133 cm³/mol. The fourth-order valence-corrected chi connectivity index (χ4v) is 8.68. The van der Waals surface area contributed by atoms with Crippen molar-refractivity contribution in [3.63, 3.8) is 0 Å². The summed E-state index contributed by atoms with van der Waals surface area (Å²) in [6.45, 7) is 8.00. The van der Waals surface area contributed by atoms with Crippen molar-refractivity contribution in [2.75, 3.05) is 0 Å². The number of fused-ring (bicyclic) bond motifs is 5. The number of rotatable bonds is 3. The zero-order valence-electron chi connectivity index (χ0n) is 21.2. The molecule has 4 aliphatic rings. The highest BCUT2D eigenvalue weighted by atomic mass is 16.5. The van der Waals surface area contributed by atoms with Gasteiger partial charge in [-0.1, -0.05) is 50.3 Å². The number of benzene rings is 1. The van der Waals surface area contributed by atoms with Crippen molar-refractivity contribution in [2.45, 2.75) is 91.3 Å². The Hall–Kier alpha value is -2.10. The first-order valence-corrected chi connectivity index (χ1v) is 13.3. The molecule has 4 fully saturated rings. The van der Waals surface area contributed by atoms with Crippen molar-refractivity contribution in [3.8, 4) is 0 Å². The van der Waals surface area contributed by atoms with Crippen molar-refractivity contribution in [3.05, 3.63) is 41.5 Å². The Morgan fingerprint density at radius 2 is 1.59 bits per heavy atom. The Morgan fingerprint density at radius 3 is 2.29 bits per heavy atom. The SMILES string of the molecule is CC(=O)OC1CCC2(C)C(CCC3C2CCC2(C)C(OC(C)=O)C(=Cc4ccccc4)CC32)C1. The summed E-state index contributed by atoms with van der Waals surface area (Å²) in [6.07, 6.45) is 11.2. The molecule has 4 nitrogen and oxygen atoms in total. The minimum Gasteiger partial charge on any atom is -0.463 e. The van der Waals surface area contributed by atoms with Crippen LogP contribution >= 0.6 is 0 Å². The third-order valence-corrected chi connectivity index (χ3v) is 10.2. The highest BCUT2D eigenvalue weighted by Crippen LogP contribution is 2.67. The van der Waals surface area contributed by atoms with E-state index in [9.17, 15) is 9.59 Å². The van der Waals surface area contributed by atoms with Crippen LogP contribution < -0.4 is 0 Å². The molecule has 8 unspecified atom stereocenters. The third kappa shape index (κ3) is 4.01. The van der Waals surface area contributed by atoms with Crippen molar-refractivity contribution < 1.29 is 19.1 Å². The van der Waals surface area contributed by atoms with Gasteiger partial charge in [0.1, 0.15) is 12.2 Å². The summed E-state index contributed by atoms with van der Waals surface area (Å²) in [5, 5.41) is 0. The van der Waals surface area contributed by atoms with E-state index in [0.29, 0.717) is 29.1 Å². The number of ether oxygens (including phenoxy) is 2. The molecule has 0 amide bonds. The van der Waals surface area contributed by atoms with E-state index in [4.69, 9.17) is 9.47 Å². The molecule has 4 heteroatoms. The summed E-state index contributed by atoms with van der Waals surface area (Å²) >= 11 is 0. The topological polar surface area (TPSA) is 52.6 Å². The lowest BCUT2D eigenvalue weighted by Gasteiger charge is -2.60. The molecular formula is C30H40O4. The van der Waals surface area contributed by atoms with Crippen LogP contribution in [0, 0.1) is 34.5 Å². The molecular weight excluding hydrogens is 424 g/mol. The van der Waals surface area contributed by atoms with Gasteiger partial charge in [-0.05, 0) is 91.6 Å². The quantitative estimate of drug-likeness (QED) is 0.474. The highest BCUT2D eigenvalue weighted by Gasteiger charge is 2.62. The fraction of sp³-hybridized carbons (Fsp3) is 0.667. The number of hydrogen-bond donors (Lipinski definition) is 0. The van der Waals surface area contributed by atoms with Crippen molar-refractivity contribution in [1.29, 1.82) is 0 Å². The normalized spacial score (nSPS) is 42.3. The van der Waals surface area contributed by atoms with Crippen molar-refractivity contribution in [1.82, 2.24) is 0 Å². The van der Waals surface area contributed by atoms with E-state index in [-0.39, 0.29) is 29.6 Å². The molecule has 5 rings (SSSR count). The number of carbonyl (C=O) groups is 2. The highest BCUT2D eigenvalue weighted by molar-refractivity contribution is 5.67. The summed E-state index contributed by atoms with van der Waals surface area (Å²) < 4.78 is 11.7. The van der Waals surface area contributed by atoms with Gasteiger partial charge in [0.25, 0.3) is 0 Å². The monoisotopic (exact) mass is 464 g/mol. The van der Waals surface area contributed by atoms with Crippen LogP contribution in [0.25, 0.3) is 6.08 Å². The van der Waals surface area contributed by atoms with Crippen LogP contribution in [0.5, 0.6) is 0 Å². The molecule has 8 atom stereocenters. The maximum atomic E-state index is 12.2. The van der Waals surface area contributed by atoms with Crippen LogP contribution in [-0.4, -0.2) is 24.1 Å². The number of hydrogen-bond acceptors (Lipinski definition) is 4. The van der Waals surface area contributed by atoms with Crippen LogP contribution in [0.15, 0.2) is 35.9 Å². The molecule has 0 spiro atoms. The summed E-state index contributed by atoms with van der Waals surface area (Å²) in [4.78, 5) is 23.7. The molecule has 1 aromatic rings. The van der Waals surface area contributed by atoms with E-state index in [2.05, 4.69) is 44.2 Å². The van der Waals surface area contributed by atoms with E-state index in [1.54, 1.807) is 6.92 Å². The fourth-order valence-electron chi connectivity index (χ4n) is 8.68. The zero-order valence-corrected chi connectivity index (χ0v) is 21.2. The van der Waals surface area contributed by atoms with Crippen LogP contribution in [0.2, 0.25) is 0 Å². The van der Waals surface area contributed by atoms with Crippen molar-refractivity contribution in [2.24, 2.45) is 34.5 Å². The standard InChI is InChI=1S/C30H40O4/c1-19(31)33-24-12-14-29(3)23(18-24)10-11-25-26(29)13-15-30(4)27(25)17-22(28(30)34-20(2)32)16-21-8-6-5-7-9-21/h5-9,16,23-28H,10-15,17-18H2,1-4H3. The smallest absolute Gasteiger partial charge is 0.303 e. The predicted octanol–water partition coefficient (Wildman–Crippen LogP) is 6.59. The molecule has 0 aliphatic heterocycles. The maximum Gasteiger partial charge on any atom is 0.303 e. The average Bonchev–Trinajstić information content (AvgIpc) is 3.05. The summed E-state index contributed by atoms with van der Waals surface area (Å²) in [6, 6.07) is 10.5. The Morgan fingerprint density at radius 1 is 0.882 bits per heavy atom. The zero-order chi connectivity index (χ0) is 24.1. The van der Waals surface area contributed by atoms with Gasteiger partial charge in [-0.2, -0.15) is 0 Å². The lowest BCUT2D eigenvalue weighted by molar-refractivity contribution is -0.166. The van der Waals surface area contributed by atoms with Gasteiger partial charge in [0.05, 0.1) is 0 Å². The van der Waals surface area contributed by atoms with E-state index in [1.807, 2.05) is 6.07 Å². The van der Waals surface area contributed by atoms with Gasteiger partial charge in [-0.3, -0.25) is 9.59 Å². The molecule has 184 valence electrons. The molecule has 4 saturated carbocycles. The molecule has 0 N–H and O–H groups in total. The summed E-state index contributed by atoms with van der Waals surface area (Å²) in [5.74, 6) is 2.25. The molecule has 4 aliphatic carbocycles. The van der Waals surface area contributed by atoms with Gasteiger partial charge in [-0.25, -0.2) is 0 Å². The average molecular weight is 465 g/mol. The van der Waals surface area contributed by atoms with Gasteiger partial charge in [0.2, 0.25) is 0 Å². The summed E-state index contributed by atoms with van der Waals surface area (Å²) in [5.41, 5.74) is 2.81. The Balaban J connectivity index is 1.42. The first-order valence-electron chi connectivity index (χ1n) is 13.3. The molecule has 0 heterocycles. The van der Waals surface area contributed by atoms with Crippen LogP contribution in [0.3, 0.4) is 0 Å². The second kappa shape index (κ2) is 8.84. The first kappa shape index (κ1) is 23.6. The van der Waals surface area contributed by atoms with E-state index in [0.717, 1.165) is 32.1 Å².